The first-order valence-electron chi connectivity index (χ1n) is 7.11. The van der Waals surface area contributed by atoms with Gasteiger partial charge in [0.25, 0.3) is 0 Å². The van der Waals surface area contributed by atoms with E-state index in [1.54, 1.807) is 0 Å². The van der Waals surface area contributed by atoms with E-state index in [4.69, 9.17) is 11.6 Å². The molecule has 1 heterocycles. The third kappa shape index (κ3) is 3.07. The summed E-state index contributed by atoms with van der Waals surface area (Å²) in [4.78, 5) is 4.44. The molecule has 1 aromatic heterocycles. The van der Waals surface area contributed by atoms with Crippen LogP contribution in [-0.4, -0.2) is 11.5 Å². The molecule has 0 aliphatic rings. The third-order valence-electron chi connectivity index (χ3n) is 3.55. The number of nitrogens with one attached hydrogen (secondary N) is 1. The van der Waals surface area contributed by atoms with Crippen molar-refractivity contribution in [3.8, 4) is 0 Å². The second-order valence-corrected chi connectivity index (χ2v) is 5.44. The predicted octanol–water partition coefficient (Wildman–Crippen LogP) is 4.59. The number of aromatic nitrogens is 1. The summed E-state index contributed by atoms with van der Waals surface area (Å²) >= 11 is 6.13. The van der Waals surface area contributed by atoms with Gasteiger partial charge in [-0.15, -0.1) is 0 Å². The number of halogens is 1. The van der Waals surface area contributed by atoms with Gasteiger partial charge in [0.2, 0.25) is 0 Å². The fourth-order valence-corrected chi connectivity index (χ4v) is 2.78. The lowest BCUT2D eigenvalue weighted by molar-refractivity contribution is 0.631. The van der Waals surface area contributed by atoms with Crippen LogP contribution in [0.5, 0.6) is 0 Å². The van der Waals surface area contributed by atoms with Gasteiger partial charge in [-0.25, -0.2) is 0 Å². The number of nitrogens with zero attached hydrogens (tertiary/aromatic N) is 1. The van der Waals surface area contributed by atoms with Gasteiger partial charge in [0.1, 0.15) is 0 Å². The second-order valence-electron chi connectivity index (χ2n) is 5.00. The van der Waals surface area contributed by atoms with Crippen molar-refractivity contribution in [1.82, 2.24) is 10.3 Å². The fraction of sp³-hybridized carbons (Fsp3) is 0.167. The number of pyridine rings is 1. The Labute approximate surface area is 129 Å². The number of rotatable bonds is 4. The lowest BCUT2D eigenvalue weighted by atomic mass is 9.97. The van der Waals surface area contributed by atoms with Crippen molar-refractivity contribution in [1.29, 1.82) is 0 Å². The quantitative estimate of drug-likeness (QED) is 0.762. The number of hydrogen-bond acceptors (Lipinski definition) is 2. The Morgan fingerprint density at radius 2 is 1.90 bits per heavy atom. The summed E-state index contributed by atoms with van der Waals surface area (Å²) in [6.07, 6.45) is 1.83. The first-order valence-corrected chi connectivity index (χ1v) is 7.49. The zero-order chi connectivity index (χ0) is 14.7. The van der Waals surface area contributed by atoms with E-state index in [0.29, 0.717) is 0 Å². The van der Waals surface area contributed by atoms with Crippen LogP contribution < -0.4 is 5.32 Å². The first-order chi connectivity index (χ1) is 10.3. The molecule has 21 heavy (non-hydrogen) atoms. The molecule has 1 N–H and O–H groups in total. The molecule has 3 rings (SSSR count). The summed E-state index contributed by atoms with van der Waals surface area (Å²) in [5, 5.41) is 5.43. The first kappa shape index (κ1) is 14.1. The van der Waals surface area contributed by atoms with Crippen LogP contribution in [0.2, 0.25) is 5.02 Å². The lowest BCUT2D eigenvalue weighted by Gasteiger charge is -2.19. The van der Waals surface area contributed by atoms with Crippen molar-refractivity contribution in [2.45, 2.75) is 13.0 Å². The van der Waals surface area contributed by atoms with Gasteiger partial charge in [0, 0.05) is 16.6 Å². The molecule has 0 saturated heterocycles. The smallest absolute Gasteiger partial charge is 0.0705 e. The molecular formula is C18H17ClN2. The second kappa shape index (κ2) is 6.25. The number of fused-ring (bicyclic) bond motifs is 1. The van der Waals surface area contributed by atoms with Crippen LogP contribution in [0.3, 0.4) is 0 Å². The molecule has 0 aliphatic carbocycles. The maximum atomic E-state index is 6.13. The van der Waals surface area contributed by atoms with Crippen LogP contribution in [-0.2, 0) is 0 Å². The van der Waals surface area contributed by atoms with Crippen LogP contribution in [0.15, 0.2) is 60.8 Å². The highest BCUT2D eigenvalue weighted by Crippen LogP contribution is 2.26. The summed E-state index contributed by atoms with van der Waals surface area (Å²) in [6.45, 7) is 2.99. The zero-order valence-electron chi connectivity index (χ0n) is 11.9. The van der Waals surface area contributed by atoms with Crippen LogP contribution in [0.25, 0.3) is 10.9 Å². The summed E-state index contributed by atoms with van der Waals surface area (Å²) in [7, 11) is 0. The molecule has 1 atom stereocenters. The Kier molecular flexibility index (Phi) is 4.18. The Balaban J connectivity index is 2.06. The van der Waals surface area contributed by atoms with E-state index < -0.39 is 0 Å². The maximum Gasteiger partial charge on any atom is 0.0705 e. The van der Waals surface area contributed by atoms with Gasteiger partial charge in [0.05, 0.1) is 11.6 Å². The minimum Gasteiger partial charge on any atom is -0.307 e. The van der Waals surface area contributed by atoms with Crippen LogP contribution in [0, 0.1) is 0 Å². The van der Waals surface area contributed by atoms with E-state index in [1.165, 1.54) is 11.1 Å². The molecular weight excluding hydrogens is 280 g/mol. The topological polar surface area (TPSA) is 24.9 Å². The van der Waals surface area contributed by atoms with Gasteiger partial charge in [-0.2, -0.15) is 0 Å². The van der Waals surface area contributed by atoms with Gasteiger partial charge in [-0.05, 0) is 41.9 Å². The third-order valence-corrected chi connectivity index (χ3v) is 3.79. The highest BCUT2D eigenvalue weighted by atomic mass is 35.5. The van der Waals surface area contributed by atoms with Crippen molar-refractivity contribution >= 4 is 22.5 Å². The number of benzene rings is 2. The van der Waals surface area contributed by atoms with Crippen LogP contribution in [0.4, 0.5) is 0 Å². The Morgan fingerprint density at radius 3 is 2.71 bits per heavy atom. The molecule has 0 spiro atoms. The van der Waals surface area contributed by atoms with Gasteiger partial charge in [-0.3, -0.25) is 4.98 Å². The molecule has 2 nitrogen and oxygen atoms in total. The van der Waals surface area contributed by atoms with Gasteiger partial charge in [-0.1, -0.05) is 48.9 Å². The van der Waals surface area contributed by atoms with E-state index in [2.05, 4.69) is 47.6 Å². The van der Waals surface area contributed by atoms with Gasteiger partial charge >= 0.3 is 0 Å². The standard InChI is InChI=1S/C18H17ClN2/c1-2-20-18(14-5-3-7-16(19)11-14)15-9-8-13-6-4-10-21-17(13)12-15/h3-12,18,20H,2H2,1H3. The molecule has 0 aliphatic heterocycles. The highest BCUT2D eigenvalue weighted by molar-refractivity contribution is 6.30. The summed E-state index contributed by atoms with van der Waals surface area (Å²) in [5.41, 5.74) is 3.38. The van der Waals surface area contributed by atoms with E-state index in [0.717, 1.165) is 22.5 Å². The minimum atomic E-state index is 0.125. The van der Waals surface area contributed by atoms with E-state index in [9.17, 15) is 0 Å². The summed E-state index contributed by atoms with van der Waals surface area (Å²) in [5.74, 6) is 0. The largest absolute Gasteiger partial charge is 0.307 e. The molecule has 1 unspecified atom stereocenters. The van der Waals surface area contributed by atoms with Crippen molar-refractivity contribution < 1.29 is 0 Å². The summed E-state index contributed by atoms with van der Waals surface area (Å²) < 4.78 is 0. The van der Waals surface area contributed by atoms with Crippen molar-refractivity contribution in [3.05, 3.63) is 76.9 Å². The highest BCUT2D eigenvalue weighted by Gasteiger charge is 2.13. The van der Waals surface area contributed by atoms with Crippen LogP contribution in [0.1, 0.15) is 24.1 Å². The molecule has 106 valence electrons. The van der Waals surface area contributed by atoms with E-state index in [-0.39, 0.29) is 6.04 Å². The monoisotopic (exact) mass is 296 g/mol. The molecule has 0 radical (unpaired) electrons. The van der Waals surface area contributed by atoms with Crippen molar-refractivity contribution in [3.63, 3.8) is 0 Å². The lowest BCUT2D eigenvalue weighted by Crippen LogP contribution is -2.21. The molecule has 3 heteroatoms. The Morgan fingerprint density at radius 1 is 1.05 bits per heavy atom. The Hall–Kier alpha value is -1.90. The van der Waals surface area contributed by atoms with Gasteiger partial charge in [0.15, 0.2) is 0 Å². The van der Waals surface area contributed by atoms with Crippen LogP contribution >= 0.6 is 11.6 Å². The predicted molar refractivity (Wildman–Crippen MR) is 88.7 cm³/mol. The normalized spacial score (nSPS) is 12.5. The number of hydrogen-bond donors (Lipinski definition) is 1. The minimum absolute atomic E-state index is 0.125. The zero-order valence-corrected chi connectivity index (χ0v) is 12.6. The van der Waals surface area contributed by atoms with Crippen molar-refractivity contribution in [2.24, 2.45) is 0 Å². The molecule has 3 aromatic rings. The fourth-order valence-electron chi connectivity index (χ4n) is 2.58. The molecule has 0 amide bonds. The van der Waals surface area contributed by atoms with E-state index >= 15 is 0 Å². The summed E-state index contributed by atoms with van der Waals surface area (Å²) in [6, 6.07) is 18.6. The molecule has 0 bridgehead atoms. The van der Waals surface area contributed by atoms with E-state index in [1.807, 2.05) is 30.5 Å². The van der Waals surface area contributed by atoms with Gasteiger partial charge < -0.3 is 5.32 Å². The average molecular weight is 297 g/mol. The molecule has 2 aromatic carbocycles. The average Bonchev–Trinajstić information content (AvgIpc) is 2.52. The Bertz CT molecular complexity index is 755. The maximum absolute atomic E-state index is 6.13. The van der Waals surface area contributed by atoms with Crippen molar-refractivity contribution in [2.75, 3.05) is 6.54 Å². The SMILES string of the molecule is CCNC(c1cccc(Cl)c1)c1ccc2cccnc2c1. The molecule has 0 saturated carbocycles. The molecule has 0 fully saturated rings.